The predicted molar refractivity (Wildman–Crippen MR) is 107 cm³/mol. The largest absolute Gasteiger partial charge is 0.457 e. The van der Waals surface area contributed by atoms with Gasteiger partial charge in [-0.3, -0.25) is 9.59 Å². The zero-order valence-electron chi connectivity index (χ0n) is 16.0. The number of carbonyl (C=O) groups is 3. The summed E-state index contributed by atoms with van der Waals surface area (Å²) in [6.45, 7) is 5.29. The SMILES string of the molecule is Cc1cc(C)c(C(=O)COC(=O)CC(NC(N)=O)c2ccc(Cl)cc2)c(C)c1. The normalized spacial score (nSPS) is 11.6. The number of primary amides is 1. The lowest BCUT2D eigenvalue weighted by molar-refractivity contribution is -0.143. The van der Waals surface area contributed by atoms with E-state index >= 15 is 0 Å². The number of rotatable bonds is 7. The maximum atomic E-state index is 12.5. The average Bonchev–Trinajstić information content (AvgIpc) is 2.58. The highest BCUT2D eigenvalue weighted by atomic mass is 35.5. The molecule has 2 aromatic carbocycles. The fourth-order valence-corrected chi connectivity index (χ4v) is 3.31. The number of urea groups is 1. The van der Waals surface area contributed by atoms with Gasteiger partial charge in [0.15, 0.2) is 6.61 Å². The van der Waals surface area contributed by atoms with Crippen LogP contribution >= 0.6 is 11.6 Å². The number of hydrogen-bond donors (Lipinski definition) is 2. The van der Waals surface area contributed by atoms with Gasteiger partial charge in [-0.05, 0) is 49.6 Å². The predicted octanol–water partition coefficient (Wildman–Crippen LogP) is 3.79. The molecule has 0 aliphatic carbocycles. The van der Waals surface area contributed by atoms with E-state index in [2.05, 4.69) is 5.32 Å². The molecule has 1 atom stereocenters. The Morgan fingerprint density at radius 3 is 2.18 bits per heavy atom. The maximum Gasteiger partial charge on any atom is 0.312 e. The first kappa shape index (κ1) is 21.4. The van der Waals surface area contributed by atoms with Crippen LogP contribution in [0.2, 0.25) is 5.02 Å². The first-order valence-electron chi connectivity index (χ1n) is 8.75. The lowest BCUT2D eigenvalue weighted by atomic mass is 9.97. The molecule has 0 aliphatic heterocycles. The number of hydrogen-bond acceptors (Lipinski definition) is 4. The van der Waals surface area contributed by atoms with E-state index in [9.17, 15) is 14.4 Å². The van der Waals surface area contributed by atoms with Crippen LogP contribution < -0.4 is 11.1 Å². The molecule has 2 rings (SSSR count). The number of aryl methyl sites for hydroxylation is 3. The third-order valence-electron chi connectivity index (χ3n) is 4.28. The fraction of sp³-hybridized carbons (Fsp3) is 0.286. The number of amides is 2. The van der Waals surface area contributed by atoms with Gasteiger partial charge in [0.05, 0.1) is 12.5 Å². The molecule has 0 spiro atoms. The smallest absolute Gasteiger partial charge is 0.312 e. The molecular weight excluding hydrogens is 380 g/mol. The summed E-state index contributed by atoms with van der Waals surface area (Å²) in [5, 5.41) is 3.03. The molecule has 0 fully saturated rings. The molecule has 3 N–H and O–H groups in total. The Labute approximate surface area is 169 Å². The van der Waals surface area contributed by atoms with Gasteiger partial charge < -0.3 is 15.8 Å². The Kier molecular flexibility index (Phi) is 7.18. The Bertz CT molecular complexity index is 871. The number of nitrogens with two attached hydrogens (primary N) is 1. The second kappa shape index (κ2) is 9.37. The van der Waals surface area contributed by atoms with Crippen LogP contribution in [0.25, 0.3) is 0 Å². The van der Waals surface area contributed by atoms with Crippen LogP contribution in [0.3, 0.4) is 0 Å². The van der Waals surface area contributed by atoms with E-state index in [-0.39, 0.29) is 18.8 Å². The molecule has 6 nitrogen and oxygen atoms in total. The lowest BCUT2D eigenvalue weighted by Gasteiger charge is -2.17. The molecule has 0 radical (unpaired) electrons. The first-order chi connectivity index (χ1) is 13.2. The molecule has 1 unspecified atom stereocenters. The number of esters is 1. The summed E-state index contributed by atoms with van der Waals surface area (Å²) in [5.41, 5.74) is 9.15. The third-order valence-corrected chi connectivity index (χ3v) is 4.53. The van der Waals surface area contributed by atoms with E-state index in [4.69, 9.17) is 22.1 Å². The number of halogens is 1. The number of nitrogens with one attached hydrogen (secondary N) is 1. The molecule has 0 bridgehead atoms. The van der Waals surface area contributed by atoms with Gasteiger partial charge in [-0.25, -0.2) is 4.79 Å². The van der Waals surface area contributed by atoms with Gasteiger partial charge in [-0.15, -0.1) is 0 Å². The van der Waals surface area contributed by atoms with Crippen molar-refractivity contribution in [2.24, 2.45) is 5.73 Å². The van der Waals surface area contributed by atoms with Gasteiger partial charge in [0.2, 0.25) is 5.78 Å². The Morgan fingerprint density at radius 1 is 1.07 bits per heavy atom. The number of benzene rings is 2. The van der Waals surface area contributed by atoms with Crippen LogP contribution in [-0.4, -0.2) is 24.4 Å². The van der Waals surface area contributed by atoms with E-state index in [0.717, 1.165) is 16.7 Å². The third kappa shape index (κ3) is 5.82. The minimum Gasteiger partial charge on any atom is -0.457 e. The molecule has 2 aromatic rings. The van der Waals surface area contributed by atoms with Gasteiger partial charge in [0.1, 0.15) is 0 Å². The topological polar surface area (TPSA) is 98.5 Å². The highest BCUT2D eigenvalue weighted by Crippen LogP contribution is 2.21. The average molecular weight is 403 g/mol. The van der Waals surface area contributed by atoms with Gasteiger partial charge in [0, 0.05) is 10.6 Å². The Morgan fingerprint density at radius 2 is 1.64 bits per heavy atom. The number of ether oxygens (including phenoxy) is 1. The summed E-state index contributed by atoms with van der Waals surface area (Å²) >= 11 is 5.86. The van der Waals surface area contributed by atoms with Gasteiger partial charge in [-0.1, -0.05) is 41.4 Å². The Hall–Kier alpha value is -2.86. The van der Waals surface area contributed by atoms with E-state index < -0.39 is 18.0 Å². The number of carbonyl (C=O) groups excluding carboxylic acids is 3. The minimum atomic E-state index is -0.769. The van der Waals surface area contributed by atoms with Crippen LogP contribution in [0.5, 0.6) is 0 Å². The summed E-state index contributed by atoms with van der Waals surface area (Å²) < 4.78 is 5.15. The summed E-state index contributed by atoms with van der Waals surface area (Å²) in [6.07, 6.45) is -0.163. The molecule has 0 heterocycles. The molecule has 0 saturated heterocycles. The second-order valence-corrected chi connectivity index (χ2v) is 7.11. The van der Waals surface area contributed by atoms with Crippen molar-refractivity contribution in [3.05, 3.63) is 69.2 Å². The summed E-state index contributed by atoms with van der Waals surface area (Å²) in [6, 6.07) is 9.02. The van der Waals surface area contributed by atoms with E-state index in [0.29, 0.717) is 16.1 Å². The number of Topliss-reactive ketones (excluding diaryl/α,β-unsaturated/α-hetero) is 1. The molecule has 148 valence electrons. The molecule has 0 aliphatic rings. The minimum absolute atomic E-state index is 0.163. The zero-order chi connectivity index (χ0) is 20.8. The second-order valence-electron chi connectivity index (χ2n) is 6.67. The van der Waals surface area contributed by atoms with Crippen LogP contribution in [0.4, 0.5) is 4.79 Å². The van der Waals surface area contributed by atoms with Crippen LogP contribution in [0, 0.1) is 20.8 Å². The quantitative estimate of drug-likeness (QED) is 0.543. The van der Waals surface area contributed by atoms with Crippen LogP contribution in [0.1, 0.15) is 45.1 Å². The fourth-order valence-electron chi connectivity index (χ4n) is 3.18. The highest BCUT2D eigenvalue weighted by Gasteiger charge is 2.20. The van der Waals surface area contributed by atoms with Crippen molar-refractivity contribution >= 4 is 29.4 Å². The van der Waals surface area contributed by atoms with Crippen molar-refractivity contribution < 1.29 is 19.1 Å². The van der Waals surface area contributed by atoms with Crippen LogP contribution in [-0.2, 0) is 9.53 Å². The van der Waals surface area contributed by atoms with Crippen LogP contribution in [0.15, 0.2) is 36.4 Å². The Balaban J connectivity index is 2.03. The van der Waals surface area contributed by atoms with Crippen molar-refractivity contribution in [3.63, 3.8) is 0 Å². The van der Waals surface area contributed by atoms with Crippen molar-refractivity contribution in [3.8, 4) is 0 Å². The summed E-state index contributed by atoms with van der Waals surface area (Å²) in [7, 11) is 0. The molecular formula is C21H23ClN2O4. The van der Waals surface area contributed by atoms with Gasteiger partial charge in [-0.2, -0.15) is 0 Å². The van der Waals surface area contributed by atoms with E-state index in [1.54, 1.807) is 24.3 Å². The van der Waals surface area contributed by atoms with E-state index in [1.807, 2.05) is 32.9 Å². The highest BCUT2D eigenvalue weighted by molar-refractivity contribution is 6.30. The van der Waals surface area contributed by atoms with Gasteiger partial charge >= 0.3 is 12.0 Å². The van der Waals surface area contributed by atoms with E-state index in [1.165, 1.54) is 0 Å². The summed E-state index contributed by atoms with van der Waals surface area (Å²) in [5.74, 6) is -0.890. The molecule has 7 heteroatoms. The van der Waals surface area contributed by atoms with Gasteiger partial charge in [0.25, 0.3) is 0 Å². The molecule has 0 saturated carbocycles. The maximum absolute atomic E-state index is 12.5. The molecule has 0 aromatic heterocycles. The van der Waals surface area contributed by atoms with Crippen molar-refractivity contribution in [1.82, 2.24) is 5.32 Å². The number of ketones is 1. The lowest BCUT2D eigenvalue weighted by Crippen LogP contribution is -2.34. The summed E-state index contributed by atoms with van der Waals surface area (Å²) in [4.78, 5) is 36.0. The molecule has 28 heavy (non-hydrogen) atoms. The van der Waals surface area contributed by atoms with Crippen molar-refractivity contribution in [2.75, 3.05) is 6.61 Å². The zero-order valence-corrected chi connectivity index (χ0v) is 16.8. The monoisotopic (exact) mass is 402 g/mol. The molecule has 2 amide bonds. The van der Waals surface area contributed by atoms with Crippen molar-refractivity contribution in [2.45, 2.75) is 33.2 Å². The van der Waals surface area contributed by atoms with Crippen molar-refractivity contribution in [1.29, 1.82) is 0 Å². The standard InChI is InChI=1S/C21H23ClN2O4/c1-12-8-13(2)20(14(3)9-12)18(25)11-28-19(26)10-17(24-21(23)27)15-4-6-16(22)7-5-15/h4-9,17H,10-11H2,1-3H3,(H3,23,24,27). The first-order valence-corrected chi connectivity index (χ1v) is 9.13.